The molecule has 3 aromatic rings. The lowest BCUT2D eigenvalue weighted by Gasteiger charge is -2.10. The molecule has 3 rings (SSSR count). The first-order chi connectivity index (χ1) is 12.2. The predicted molar refractivity (Wildman–Crippen MR) is 92.7 cm³/mol. The van der Waals surface area contributed by atoms with Crippen LogP contribution in [0.1, 0.15) is 16.1 Å². The van der Waals surface area contributed by atoms with Gasteiger partial charge in [0, 0.05) is 36.8 Å². The van der Waals surface area contributed by atoms with E-state index >= 15 is 0 Å². The third kappa shape index (κ3) is 4.15. The molecule has 0 radical (unpaired) electrons. The number of benzene rings is 1. The van der Waals surface area contributed by atoms with Crippen LogP contribution >= 0.6 is 0 Å². The highest BCUT2D eigenvalue weighted by Crippen LogP contribution is 2.21. The number of nitrogens with zero attached hydrogens (tertiary/aromatic N) is 3. The van der Waals surface area contributed by atoms with Crippen molar-refractivity contribution in [2.45, 2.75) is 6.61 Å². The van der Waals surface area contributed by atoms with Crippen molar-refractivity contribution < 1.29 is 14.6 Å². The minimum absolute atomic E-state index is 0.228. The summed E-state index contributed by atoms with van der Waals surface area (Å²) >= 11 is 0. The Balaban J connectivity index is 1.92. The quantitative estimate of drug-likeness (QED) is 0.713. The summed E-state index contributed by atoms with van der Waals surface area (Å²) in [5, 5.41) is 12.1. The molecule has 0 fully saturated rings. The number of carboxylic acid groups (broad SMARTS) is 1. The van der Waals surface area contributed by atoms with E-state index < -0.39 is 5.97 Å². The number of hydrogen-bond donors (Lipinski definition) is 2. The van der Waals surface area contributed by atoms with Gasteiger partial charge in [-0.1, -0.05) is 0 Å². The molecule has 0 aliphatic carbocycles. The van der Waals surface area contributed by atoms with Crippen molar-refractivity contribution in [3.05, 3.63) is 66.1 Å². The molecular formula is C18H16N4O3. The minimum atomic E-state index is -0.962. The molecule has 0 amide bonds. The topological polar surface area (TPSA) is 97.2 Å². The van der Waals surface area contributed by atoms with Gasteiger partial charge in [-0.05, 0) is 36.4 Å². The van der Waals surface area contributed by atoms with Gasteiger partial charge in [0.2, 0.25) is 0 Å². The van der Waals surface area contributed by atoms with E-state index in [1.807, 2.05) is 12.1 Å². The zero-order chi connectivity index (χ0) is 17.6. The summed E-state index contributed by atoms with van der Waals surface area (Å²) in [6.07, 6.45) is 3.36. The summed E-state index contributed by atoms with van der Waals surface area (Å²) in [5.41, 5.74) is 2.53. The molecule has 0 saturated carbocycles. The van der Waals surface area contributed by atoms with E-state index in [2.05, 4.69) is 20.3 Å². The average molecular weight is 336 g/mol. The molecule has 2 aromatic heterocycles. The molecule has 0 atom stereocenters. The Bertz CT molecular complexity index is 867. The maximum atomic E-state index is 10.9. The third-order valence-electron chi connectivity index (χ3n) is 3.41. The number of anilines is 2. The molecule has 0 saturated heterocycles. The van der Waals surface area contributed by atoms with Gasteiger partial charge in [0.25, 0.3) is 0 Å². The van der Waals surface area contributed by atoms with Gasteiger partial charge in [-0.15, -0.1) is 0 Å². The van der Waals surface area contributed by atoms with Crippen LogP contribution in [-0.2, 0) is 11.3 Å². The fourth-order valence-corrected chi connectivity index (χ4v) is 2.26. The van der Waals surface area contributed by atoms with Crippen LogP contribution in [0.15, 0.2) is 54.9 Å². The second kappa shape index (κ2) is 7.50. The van der Waals surface area contributed by atoms with Gasteiger partial charge in [-0.3, -0.25) is 4.98 Å². The lowest BCUT2D eigenvalue weighted by molar-refractivity contribution is 0.0697. The summed E-state index contributed by atoms with van der Waals surface area (Å²) in [5.74, 6) is 0.189. The maximum Gasteiger partial charge on any atom is 0.335 e. The first kappa shape index (κ1) is 16.5. The fourth-order valence-electron chi connectivity index (χ4n) is 2.26. The number of hydrogen-bond acceptors (Lipinski definition) is 6. The molecule has 0 unspecified atom stereocenters. The molecule has 0 aliphatic rings. The number of carbonyl (C=O) groups is 1. The first-order valence-electron chi connectivity index (χ1n) is 7.53. The van der Waals surface area contributed by atoms with Gasteiger partial charge in [-0.2, -0.15) is 0 Å². The summed E-state index contributed by atoms with van der Waals surface area (Å²) in [6, 6.07) is 11.9. The van der Waals surface area contributed by atoms with E-state index in [0.717, 1.165) is 16.9 Å². The van der Waals surface area contributed by atoms with Gasteiger partial charge in [0.1, 0.15) is 5.82 Å². The highest BCUT2D eigenvalue weighted by molar-refractivity contribution is 5.88. The number of nitrogens with one attached hydrogen (secondary N) is 1. The summed E-state index contributed by atoms with van der Waals surface area (Å²) in [6.45, 7) is 0.354. The van der Waals surface area contributed by atoms with Gasteiger partial charge in [0.15, 0.2) is 5.82 Å². The highest BCUT2D eigenvalue weighted by atomic mass is 16.5. The second-order valence-electron chi connectivity index (χ2n) is 5.24. The number of ether oxygens (including phenoxy) is 1. The maximum absolute atomic E-state index is 10.9. The van der Waals surface area contributed by atoms with Crippen molar-refractivity contribution in [3.8, 4) is 11.4 Å². The van der Waals surface area contributed by atoms with E-state index in [-0.39, 0.29) is 5.56 Å². The number of carboxylic acids is 1. The summed E-state index contributed by atoms with van der Waals surface area (Å²) < 4.78 is 5.17. The van der Waals surface area contributed by atoms with Crippen LogP contribution < -0.4 is 5.32 Å². The lowest BCUT2D eigenvalue weighted by Crippen LogP contribution is -2.02. The molecule has 0 spiro atoms. The van der Waals surface area contributed by atoms with Crippen LogP contribution in [0.5, 0.6) is 0 Å². The number of methoxy groups -OCH3 is 1. The molecule has 25 heavy (non-hydrogen) atoms. The monoisotopic (exact) mass is 336 g/mol. The molecular weight excluding hydrogens is 320 g/mol. The largest absolute Gasteiger partial charge is 0.478 e. The fraction of sp³-hybridized carbons (Fsp3) is 0.111. The molecule has 7 nitrogen and oxygen atoms in total. The standard InChI is InChI=1S/C18H16N4O3/c1-25-11-15-10-16(20-14-4-2-13(3-5-14)18(23)24)22-17(21-15)12-6-8-19-9-7-12/h2-10H,11H2,1H3,(H,23,24)(H,20,21,22). The number of aromatic carboxylic acids is 1. The van der Waals surface area contributed by atoms with E-state index in [4.69, 9.17) is 9.84 Å². The van der Waals surface area contributed by atoms with E-state index in [0.29, 0.717) is 18.2 Å². The van der Waals surface area contributed by atoms with Crippen molar-refractivity contribution in [2.75, 3.05) is 12.4 Å². The predicted octanol–water partition coefficient (Wildman–Crippen LogP) is 3.13. The van der Waals surface area contributed by atoms with Crippen LogP contribution in [0.3, 0.4) is 0 Å². The Hall–Kier alpha value is -3.32. The summed E-state index contributed by atoms with van der Waals surface area (Å²) in [7, 11) is 1.60. The van der Waals surface area contributed by atoms with Crippen LogP contribution in [0.25, 0.3) is 11.4 Å². The van der Waals surface area contributed by atoms with Crippen molar-refractivity contribution >= 4 is 17.5 Å². The van der Waals surface area contributed by atoms with Crippen LogP contribution in [0.4, 0.5) is 11.5 Å². The molecule has 7 heteroatoms. The van der Waals surface area contributed by atoms with Crippen LogP contribution in [-0.4, -0.2) is 33.1 Å². The Morgan fingerprint density at radius 3 is 2.48 bits per heavy atom. The van der Waals surface area contributed by atoms with Crippen molar-refractivity contribution in [1.82, 2.24) is 15.0 Å². The van der Waals surface area contributed by atoms with Crippen LogP contribution in [0.2, 0.25) is 0 Å². The Morgan fingerprint density at radius 1 is 1.12 bits per heavy atom. The number of pyridine rings is 1. The minimum Gasteiger partial charge on any atom is -0.478 e. The first-order valence-corrected chi connectivity index (χ1v) is 7.53. The molecule has 2 heterocycles. The van der Waals surface area contributed by atoms with Gasteiger partial charge in [-0.25, -0.2) is 14.8 Å². The smallest absolute Gasteiger partial charge is 0.335 e. The molecule has 1 aromatic carbocycles. The Morgan fingerprint density at radius 2 is 1.84 bits per heavy atom. The zero-order valence-electron chi connectivity index (χ0n) is 13.5. The summed E-state index contributed by atoms with van der Waals surface area (Å²) in [4.78, 5) is 23.9. The van der Waals surface area contributed by atoms with Crippen molar-refractivity contribution in [2.24, 2.45) is 0 Å². The van der Waals surface area contributed by atoms with Crippen molar-refractivity contribution in [1.29, 1.82) is 0 Å². The van der Waals surface area contributed by atoms with Gasteiger partial charge in [0.05, 0.1) is 17.9 Å². The Labute approximate surface area is 144 Å². The Kier molecular flexibility index (Phi) is 4.96. The molecule has 2 N–H and O–H groups in total. The van der Waals surface area contributed by atoms with E-state index in [1.54, 1.807) is 37.7 Å². The SMILES string of the molecule is COCc1cc(Nc2ccc(C(=O)O)cc2)nc(-c2ccncc2)n1. The average Bonchev–Trinajstić information content (AvgIpc) is 2.63. The van der Waals surface area contributed by atoms with Crippen molar-refractivity contribution in [3.63, 3.8) is 0 Å². The lowest BCUT2D eigenvalue weighted by atomic mass is 10.2. The molecule has 126 valence electrons. The molecule has 0 bridgehead atoms. The van der Waals surface area contributed by atoms with Crippen LogP contribution in [0, 0.1) is 0 Å². The molecule has 0 aliphatic heterocycles. The number of aromatic nitrogens is 3. The second-order valence-corrected chi connectivity index (χ2v) is 5.24. The highest BCUT2D eigenvalue weighted by Gasteiger charge is 2.08. The zero-order valence-corrected chi connectivity index (χ0v) is 13.5. The van der Waals surface area contributed by atoms with E-state index in [9.17, 15) is 4.79 Å². The number of rotatable bonds is 6. The van der Waals surface area contributed by atoms with Gasteiger partial charge < -0.3 is 15.2 Å². The third-order valence-corrected chi connectivity index (χ3v) is 3.41. The normalized spacial score (nSPS) is 10.4. The van der Waals surface area contributed by atoms with Gasteiger partial charge >= 0.3 is 5.97 Å². The van der Waals surface area contributed by atoms with E-state index in [1.165, 1.54) is 12.1 Å².